The topological polar surface area (TPSA) is 26.3 Å². The highest BCUT2D eigenvalue weighted by Gasteiger charge is 1.93. The molecule has 0 aliphatic rings. The predicted molar refractivity (Wildman–Crippen MR) is 40.3 cm³/mol. The molecule has 0 rings (SSSR count). The second-order valence-corrected chi connectivity index (χ2v) is 1.74. The van der Waals surface area contributed by atoms with Crippen molar-refractivity contribution in [2.24, 2.45) is 0 Å². The minimum Gasteiger partial charge on any atom is -0.435 e. The zero-order valence-electron chi connectivity index (χ0n) is 6.17. The van der Waals surface area contributed by atoms with Crippen LogP contribution in [0.3, 0.4) is 0 Å². The third-order valence-electron chi connectivity index (χ3n) is 0.902. The molecule has 2 heteroatoms. The molecule has 0 heterocycles. The standard InChI is InChI=1S/C8H12O2/c1-3-5-6-7-8(9)10-4-2/h4-6H,2-3,7H2,1H3. The summed E-state index contributed by atoms with van der Waals surface area (Å²) < 4.78 is 4.46. The van der Waals surface area contributed by atoms with Gasteiger partial charge in [-0.15, -0.1) is 0 Å². The quantitative estimate of drug-likeness (QED) is 0.339. The normalized spacial score (nSPS) is 9.70. The lowest BCUT2D eigenvalue weighted by molar-refractivity contribution is -0.136. The molecule has 0 unspecified atom stereocenters. The van der Waals surface area contributed by atoms with Crippen LogP contribution in [-0.4, -0.2) is 5.97 Å². The van der Waals surface area contributed by atoms with Crippen molar-refractivity contribution in [1.82, 2.24) is 0 Å². The Balaban J connectivity index is 3.38. The second-order valence-electron chi connectivity index (χ2n) is 1.74. The maximum absolute atomic E-state index is 10.6. The van der Waals surface area contributed by atoms with E-state index in [0.717, 1.165) is 12.7 Å². The third-order valence-corrected chi connectivity index (χ3v) is 0.902. The fourth-order valence-corrected chi connectivity index (χ4v) is 0.487. The Labute approximate surface area is 61.2 Å². The number of carbonyl (C=O) groups excluding carboxylic acids is 1. The van der Waals surface area contributed by atoms with Crippen LogP contribution in [0, 0.1) is 0 Å². The third kappa shape index (κ3) is 5.09. The largest absolute Gasteiger partial charge is 0.435 e. The minimum atomic E-state index is -0.264. The summed E-state index contributed by atoms with van der Waals surface area (Å²) in [4.78, 5) is 10.6. The number of hydrogen-bond acceptors (Lipinski definition) is 2. The van der Waals surface area contributed by atoms with Crippen molar-refractivity contribution < 1.29 is 9.53 Å². The minimum absolute atomic E-state index is 0.264. The average molecular weight is 140 g/mol. The van der Waals surface area contributed by atoms with Crippen LogP contribution < -0.4 is 0 Å². The Kier molecular flexibility index (Phi) is 5.44. The van der Waals surface area contributed by atoms with Gasteiger partial charge in [-0.2, -0.15) is 0 Å². The molecule has 2 nitrogen and oxygen atoms in total. The molecule has 0 aromatic heterocycles. The molecule has 0 amide bonds. The summed E-state index contributed by atoms with van der Waals surface area (Å²) in [5.41, 5.74) is 0. The number of rotatable bonds is 4. The van der Waals surface area contributed by atoms with E-state index in [9.17, 15) is 4.79 Å². The fourth-order valence-electron chi connectivity index (χ4n) is 0.487. The first-order chi connectivity index (χ1) is 4.81. The van der Waals surface area contributed by atoms with Gasteiger partial charge in [-0.05, 0) is 6.42 Å². The van der Waals surface area contributed by atoms with E-state index in [2.05, 4.69) is 11.3 Å². The Morgan fingerprint density at radius 1 is 1.60 bits per heavy atom. The summed E-state index contributed by atoms with van der Waals surface area (Å²) in [5.74, 6) is -0.264. The molecule has 0 N–H and O–H groups in total. The number of hydrogen-bond donors (Lipinski definition) is 0. The molecule has 0 atom stereocenters. The molecule has 0 saturated heterocycles. The van der Waals surface area contributed by atoms with Crippen molar-refractivity contribution in [2.45, 2.75) is 19.8 Å². The molecule has 0 aromatic rings. The van der Waals surface area contributed by atoms with Crippen LogP contribution in [0.25, 0.3) is 0 Å². The van der Waals surface area contributed by atoms with E-state index >= 15 is 0 Å². The molecule has 56 valence electrons. The maximum Gasteiger partial charge on any atom is 0.314 e. The van der Waals surface area contributed by atoms with E-state index in [1.165, 1.54) is 0 Å². The van der Waals surface area contributed by atoms with E-state index in [4.69, 9.17) is 0 Å². The van der Waals surface area contributed by atoms with E-state index in [0.29, 0.717) is 6.42 Å². The molecule has 0 aliphatic heterocycles. The zero-order chi connectivity index (χ0) is 7.82. The predicted octanol–water partition coefficient (Wildman–Crippen LogP) is 2.03. The highest BCUT2D eigenvalue weighted by molar-refractivity contribution is 5.71. The van der Waals surface area contributed by atoms with Crippen molar-refractivity contribution in [3.63, 3.8) is 0 Å². The Morgan fingerprint density at radius 2 is 2.30 bits per heavy atom. The van der Waals surface area contributed by atoms with Gasteiger partial charge in [0, 0.05) is 0 Å². The van der Waals surface area contributed by atoms with Gasteiger partial charge >= 0.3 is 5.97 Å². The lowest BCUT2D eigenvalue weighted by Gasteiger charge is -1.91. The Morgan fingerprint density at radius 3 is 2.80 bits per heavy atom. The molecule has 10 heavy (non-hydrogen) atoms. The summed E-state index contributed by atoms with van der Waals surface area (Å²) in [5, 5.41) is 0. The first-order valence-corrected chi connectivity index (χ1v) is 3.26. The second kappa shape index (κ2) is 6.08. The van der Waals surface area contributed by atoms with E-state index in [1.54, 1.807) is 6.08 Å². The summed E-state index contributed by atoms with van der Waals surface area (Å²) in [6.07, 6.45) is 6.12. The number of esters is 1. The van der Waals surface area contributed by atoms with Gasteiger partial charge < -0.3 is 4.74 Å². The van der Waals surface area contributed by atoms with Gasteiger partial charge in [0.25, 0.3) is 0 Å². The molecular weight excluding hydrogens is 128 g/mol. The number of allylic oxidation sites excluding steroid dienone is 1. The van der Waals surface area contributed by atoms with Crippen LogP contribution in [0.4, 0.5) is 0 Å². The van der Waals surface area contributed by atoms with Gasteiger partial charge in [-0.25, -0.2) is 0 Å². The van der Waals surface area contributed by atoms with Crippen molar-refractivity contribution >= 4 is 5.97 Å². The molecular formula is C8H12O2. The highest BCUT2D eigenvalue weighted by Crippen LogP contribution is 1.89. The zero-order valence-corrected chi connectivity index (χ0v) is 6.17. The SMILES string of the molecule is C=COC(=O)CC=CCC. The fraction of sp³-hybridized carbons (Fsp3) is 0.375. The molecule has 0 saturated carbocycles. The van der Waals surface area contributed by atoms with Crippen LogP contribution in [0.5, 0.6) is 0 Å². The molecule has 0 fully saturated rings. The number of ether oxygens (including phenoxy) is 1. The Hall–Kier alpha value is -1.05. The van der Waals surface area contributed by atoms with Gasteiger partial charge in [0.1, 0.15) is 0 Å². The van der Waals surface area contributed by atoms with Crippen molar-refractivity contribution in [2.75, 3.05) is 0 Å². The lowest BCUT2D eigenvalue weighted by atomic mass is 10.3. The van der Waals surface area contributed by atoms with Gasteiger partial charge in [0.2, 0.25) is 0 Å². The molecule has 0 aromatic carbocycles. The van der Waals surface area contributed by atoms with Crippen LogP contribution >= 0.6 is 0 Å². The van der Waals surface area contributed by atoms with E-state index < -0.39 is 0 Å². The van der Waals surface area contributed by atoms with E-state index in [-0.39, 0.29) is 5.97 Å². The molecule has 0 radical (unpaired) electrons. The first kappa shape index (κ1) is 8.95. The van der Waals surface area contributed by atoms with Crippen molar-refractivity contribution in [3.8, 4) is 0 Å². The molecule has 0 bridgehead atoms. The van der Waals surface area contributed by atoms with Crippen molar-refractivity contribution in [3.05, 3.63) is 25.0 Å². The summed E-state index contributed by atoms with van der Waals surface area (Å²) in [7, 11) is 0. The monoisotopic (exact) mass is 140 g/mol. The summed E-state index contributed by atoms with van der Waals surface area (Å²) in [6.45, 7) is 5.27. The Bertz CT molecular complexity index is 136. The van der Waals surface area contributed by atoms with Crippen LogP contribution in [0.2, 0.25) is 0 Å². The van der Waals surface area contributed by atoms with Gasteiger partial charge in [-0.1, -0.05) is 25.7 Å². The van der Waals surface area contributed by atoms with Gasteiger partial charge in [0.15, 0.2) is 0 Å². The molecule has 0 spiro atoms. The molecule has 0 aliphatic carbocycles. The van der Waals surface area contributed by atoms with Crippen LogP contribution in [-0.2, 0) is 9.53 Å². The summed E-state index contributed by atoms with van der Waals surface area (Å²) >= 11 is 0. The van der Waals surface area contributed by atoms with Gasteiger partial charge in [-0.3, -0.25) is 4.79 Å². The van der Waals surface area contributed by atoms with Crippen LogP contribution in [0.1, 0.15) is 19.8 Å². The van der Waals surface area contributed by atoms with Crippen molar-refractivity contribution in [1.29, 1.82) is 0 Å². The van der Waals surface area contributed by atoms with Gasteiger partial charge in [0.05, 0.1) is 12.7 Å². The van der Waals surface area contributed by atoms with E-state index in [1.807, 2.05) is 13.0 Å². The first-order valence-electron chi connectivity index (χ1n) is 3.26. The maximum atomic E-state index is 10.6. The summed E-state index contributed by atoms with van der Waals surface area (Å²) in [6, 6.07) is 0. The number of carbonyl (C=O) groups is 1. The van der Waals surface area contributed by atoms with Crippen LogP contribution in [0.15, 0.2) is 25.0 Å². The average Bonchev–Trinajstić information content (AvgIpc) is 1.89. The highest BCUT2D eigenvalue weighted by atomic mass is 16.5. The lowest BCUT2D eigenvalue weighted by Crippen LogP contribution is -1.95. The smallest absolute Gasteiger partial charge is 0.314 e.